The summed E-state index contributed by atoms with van der Waals surface area (Å²) in [6, 6.07) is 11.5. The molecular formula is C20H22ClN5O3S2. The SMILES string of the molecule is Cc1ccc(NC(=O)CSc2nncn2C(C)C)cc1S(=O)(=O)Nc1ccccc1Cl. The molecule has 0 saturated carbocycles. The normalized spacial score (nSPS) is 11.5. The number of carbonyl (C=O) groups excluding carboxylic acids is 1. The Morgan fingerprint density at radius 2 is 1.97 bits per heavy atom. The number of aromatic nitrogens is 3. The van der Waals surface area contributed by atoms with Gasteiger partial charge < -0.3 is 9.88 Å². The van der Waals surface area contributed by atoms with Crippen LogP contribution in [-0.4, -0.2) is 34.8 Å². The van der Waals surface area contributed by atoms with Crippen LogP contribution in [0.5, 0.6) is 0 Å². The van der Waals surface area contributed by atoms with Crippen LogP contribution in [-0.2, 0) is 14.8 Å². The van der Waals surface area contributed by atoms with E-state index in [0.717, 1.165) is 0 Å². The molecule has 0 aliphatic carbocycles. The van der Waals surface area contributed by atoms with E-state index in [1.165, 1.54) is 17.8 Å². The molecule has 11 heteroatoms. The van der Waals surface area contributed by atoms with Crippen LogP contribution >= 0.6 is 23.4 Å². The Morgan fingerprint density at radius 1 is 1.23 bits per heavy atom. The smallest absolute Gasteiger partial charge is 0.262 e. The summed E-state index contributed by atoms with van der Waals surface area (Å²) in [6.07, 6.45) is 1.62. The third-order valence-corrected chi connectivity index (χ3v) is 7.10. The van der Waals surface area contributed by atoms with Crippen LogP contribution in [0.3, 0.4) is 0 Å². The molecule has 3 aromatic rings. The van der Waals surface area contributed by atoms with E-state index in [0.29, 0.717) is 21.4 Å². The van der Waals surface area contributed by atoms with Gasteiger partial charge in [-0.25, -0.2) is 8.42 Å². The zero-order valence-corrected chi connectivity index (χ0v) is 19.6. The molecular weight excluding hydrogens is 458 g/mol. The first-order valence-electron chi connectivity index (χ1n) is 9.37. The minimum atomic E-state index is -3.90. The van der Waals surface area contributed by atoms with Crippen molar-refractivity contribution in [3.63, 3.8) is 0 Å². The summed E-state index contributed by atoms with van der Waals surface area (Å²) in [5.41, 5.74) is 1.20. The van der Waals surface area contributed by atoms with Crippen LogP contribution in [0.15, 0.2) is 58.8 Å². The quantitative estimate of drug-likeness (QED) is 0.465. The maximum Gasteiger partial charge on any atom is 0.262 e. The molecule has 0 saturated heterocycles. The summed E-state index contributed by atoms with van der Waals surface area (Å²) >= 11 is 7.33. The van der Waals surface area contributed by atoms with Crippen LogP contribution in [0.1, 0.15) is 25.5 Å². The number of halogens is 1. The maximum absolute atomic E-state index is 12.9. The number of rotatable bonds is 8. The monoisotopic (exact) mass is 479 g/mol. The number of amides is 1. The first-order chi connectivity index (χ1) is 14.7. The molecule has 0 bridgehead atoms. The van der Waals surface area contributed by atoms with Gasteiger partial charge in [0.1, 0.15) is 6.33 Å². The second-order valence-corrected chi connectivity index (χ2v) is 10.0. The fourth-order valence-electron chi connectivity index (χ4n) is 2.73. The lowest BCUT2D eigenvalue weighted by Gasteiger charge is -2.13. The molecule has 1 amide bonds. The molecule has 0 fully saturated rings. The number of aryl methyl sites for hydroxylation is 1. The van der Waals surface area contributed by atoms with Gasteiger partial charge in [-0.1, -0.05) is 41.6 Å². The number of anilines is 2. The van der Waals surface area contributed by atoms with Crippen molar-refractivity contribution in [2.45, 2.75) is 36.9 Å². The zero-order valence-electron chi connectivity index (χ0n) is 17.2. The second kappa shape index (κ2) is 9.71. The largest absolute Gasteiger partial charge is 0.325 e. The Labute approximate surface area is 190 Å². The number of hydrogen-bond donors (Lipinski definition) is 2. The molecule has 0 aliphatic rings. The van der Waals surface area contributed by atoms with Gasteiger partial charge in [-0.3, -0.25) is 9.52 Å². The minimum Gasteiger partial charge on any atom is -0.325 e. The number of nitrogens with one attached hydrogen (secondary N) is 2. The van der Waals surface area contributed by atoms with Gasteiger partial charge in [0.15, 0.2) is 5.16 Å². The summed E-state index contributed by atoms with van der Waals surface area (Å²) < 4.78 is 30.1. The van der Waals surface area contributed by atoms with E-state index in [-0.39, 0.29) is 28.3 Å². The molecule has 2 aromatic carbocycles. The Morgan fingerprint density at radius 3 is 2.68 bits per heavy atom. The Bertz CT molecular complexity index is 1200. The van der Waals surface area contributed by atoms with Crippen molar-refractivity contribution in [2.75, 3.05) is 15.8 Å². The first kappa shape index (κ1) is 23.1. The lowest BCUT2D eigenvalue weighted by atomic mass is 10.2. The molecule has 31 heavy (non-hydrogen) atoms. The van der Waals surface area contributed by atoms with E-state index >= 15 is 0 Å². The second-order valence-electron chi connectivity index (χ2n) is 7.02. The summed E-state index contributed by atoms with van der Waals surface area (Å²) in [5.74, 6) is -0.172. The molecule has 3 rings (SSSR count). The van der Waals surface area contributed by atoms with Crippen molar-refractivity contribution in [3.8, 4) is 0 Å². The number of para-hydroxylation sites is 1. The van der Waals surface area contributed by atoms with E-state index in [1.807, 2.05) is 18.4 Å². The van der Waals surface area contributed by atoms with Crippen molar-refractivity contribution in [2.24, 2.45) is 0 Å². The van der Waals surface area contributed by atoms with Crippen molar-refractivity contribution >= 4 is 50.7 Å². The highest BCUT2D eigenvalue weighted by Gasteiger charge is 2.19. The molecule has 0 aliphatic heterocycles. The van der Waals surface area contributed by atoms with Gasteiger partial charge in [0.25, 0.3) is 10.0 Å². The van der Waals surface area contributed by atoms with Crippen LogP contribution in [0.4, 0.5) is 11.4 Å². The maximum atomic E-state index is 12.9. The Kier molecular flexibility index (Phi) is 7.24. The van der Waals surface area contributed by atoms with Crippen molar-refractivity contribution in [1.29, 1.82) is 0 Å². The van der Waals surface area contributed by atoms with Crippen molar-refractivity contribution < 1.29 is 13.2 Å². The van der Waals surface area contributed by atoms with Gasteiger partial charge in [0.2, 0.25) is 5.91 Å². The topological polar surface area (TPSA) is 106 Å². The number of nitrogens with zero attached hydrogens (tertiary/aromatic N) is 3. The molecule has 1 aromatic heterocycles. The van der Waals surface area contributed by atoms with E-state index in [2.05, 4.69) is 20.2 Å². The molecule has 1 heterocycles. The molecule has 2 N–H and O–H groups in total. The number of benzene rings is 2. The molecule has 8 nitrogen and oxygen atoms in total. The highest BCUT2D eigenvalue weighted by atomic mass is 35.5. The third-order valence-electron chi connectivity index (χ3n) is 4.31. The van der Waals surface area contributed by atoms with E-state index in [1.54, 1.807) is 49.6 Å². The number of thioether (sulfide) groups is 1. The summed E-state index contributed by atoms with van der Waals surface area (Å²) in [4.78, 5) is 12.5. The van der Waals surface area contributed by atoms with Gasteiger partial charge >= 0.3 is 0 Å². The van der Waals surface area contributed by atoms with Gasteiger partial charge in [-0.15, -0.1) is 10.2 Å². The van der Waals surface area contributed by atoms with Gasteiger partial charge in [0.05, 0.1) is 21.4 Å². The Balaban J connectivity index is 1.72. The van der Waals surface area contributed by atoms with Gasteiger partial charge in [-0.05, 0) is 50.6 Å². The standard InChI is InChI=1S/C20H22ClN5O3S2/c1-13(2)26-12-22-24-20(26)30-11-19(27)23-15-9-8-14(3)18(10-15)31(28,29)25-17-7-5-4-6-16(17)21/h4-10,12-13,25H,11H2,1-3H3,(H,23,27). The van der Waals surface area contributed by atoms with Gasteiger partial charge in [-0.2, -0.15) is 0 Å². The van der Waals surface area contributed by atoms with Crippen LogP contribution in [0.25, 0.3) is 0 Å². The lowest BCUT2D eigenvalue weighted by Crippen LogP contribution is -2.17. The number of hydrogen-bond acceptors (Lipinski definition) is 6. The fraction of sp³-hybridized carbons (Fsp3) is 0.250. The summed E-state index contributed by atoms with van der Waals surface area (Å²) in [6.45, 7) is 5.68. The predicted octanol–water partition coefficient (Wildman–Crippen LogP) is 4.35. The van der Waals surface area contributed by atoms with E-state index in [4.69, 9.17) is 11.6 Å². The number of carbonyl (C=O) groups is 1. The lowest BCUT2D eigenvalue weighted by molar-refractivity contribution is -0.113. The molecule has 0 atom stereocenters. The minimum absolute atomic E-state index is 0.0532. The molecule has 0 spiro atoms. The Hall–Kier alpha value is -2.56. The molecule has 164 valence electrons. The average Bonchev–Trinajstić information content (AvgIpc) is 3.18. The van der Waals surface area contributed by atoms with Crippen LogP contribution in [0.2, 0.25) is 5.02 Å². The van der Waals surface area contributed by atoms with E-state index < -0.39 is 10.0 Å². The summed E-state index contributed by atoms with van der Waals surface area (Å²) in [5, 5.41) is 11.6. The van der Waals surface area contributed by atoms with Crippen molar-refractivity contribution in [3.05, 3.63) is 59.4 Å². The van der Waals surface area contributed by atoms with Crippen molar-refractivity contribution in [1.82, 2.24) is 14.8 Å². The van der Waals surface area contributed by atoms with E-state index in [9.17, 15) is 13.2 Å². The first-order valence-corrected chi connectivity index (χ1v) is 12.2. The van der Waals surface area contributed by atoms with Crippen LogP contribution in [0, 0.1) is 6.92 Å². The molecule has 0 radical (unpaired) electrons. The highest BCUT2D eigenvalue weighted by molar-refractivity contribution is 7.99. The zero-order chi connectivity index (χ0) is 22.6. The predicted molar refractivity (Wildman–Crippen MR) is 123 cm³/mol. The fourth-order valence-corrected chi connectivity index (χ4v) is 5.16. The summed E-state index contributed by atoms with van der Waals surface area (Å²) in [7, 11) is -3.90. The van der Waals surface area contributed by atoms with Gasteiger partial charge in [0, 0.05) is 11.7 Å². The number of sulfonamides is 1. The average molecular weight is 480 g/mol. The van der Waals surface area contributed by atoms with Crippen LogP contribution < -0.4 is 10.0 Å². The highest BCUT2D eigenvalue weighted by Crippen LogP contribution is 2.27. The third kappa shape index (κ3) is 5.78. The molecule has 0 unspecified atom stereocenters.